The lowest BCUT2D eigenvalue weighted by Crippen LogP contribution is -2.28. The number of benzene rings is 2. The van der Waals surface area contributed by atoms with Gasteiger partial charge >= 0.3 is 0 Å². The largest absolute Gasteiger partial charge is 0.496 e. The molecule has 0 unspecified atom stereocenters. The highest BCUT2D eigenvalue weighted by Crippen LogP contribution is 2.24. The van der Waals surface area contributed by atoms with Crippen molar-refractivity contribution in [2.45, 2.75) is 38.2 Å². The Kier molecular flexibility index (Phi) is 6.16. The average Bonchev–Trinajstić information content (AvgIpc) is 3.19. The molecule has 0 aliphatic heterocycles. The fourth-order valence-electron chi connectivity index (χ4n) is 3.39. The third kappa shape index (κ3) is 4.57. The lowest BCUT2D eigenvalue weighted by atomic mass is 10.1. The Labute approximate surface area is 155 Å². The van der Waals surface area contributed by atoms with E-state index in [-0.39, 0.29) is 5.91 Å². The molecule has 0 radical (unpaired) electrons. The number of methoxy groups -OCH3 is 1. The molecule has 138 valence electrons. The van der Waals surface area contributed by atoms with E-state index in [1.165, 1.54) is 12.8 Å². The quantitative estimate of drug-likeness (QED) is 0.744. The van der Waals surface area contributed by atoms with Crippen LogP contribution in [0, 0.1) is 0 Å². The van der Waals surface area contributed by atoms with Crippen molar-refractivity contribution in [3.63, 3.8) is 0 Å². The minimum Gasteiger partial charge on any atom is -0.496 e. The summed E-state index contributed by atoms with van der Waals surface area (Å²) in [4.78, 5) is 14.4. The van der Waals surface area contributed by atoms with Crippen LogP contribution in [0.4, 0.5) is 0 Å². The SMILES string of the molecule is COc1ccccc1CCN(C)C(=O)c1ccc(OC2CCCC2)cc1. The third-order valence-electron chi connectivity index (χ3n) is 4.96. The Morgan fingerprint density at radius 2 is 1.77 bits per heavy atom. The molecule has 2 aromatic rings. The van der Waals surface area contributed by atoms with Gasteiger partial charge in [-0.1, -0.05) is 18.2 Å². The van der Waals surface area contributed by atoms with Gasteiger partial charge in [0.05, 0.1) is 13.2 Å². The van der Waals surface area contributed by atoms with Crippen LogP contribution in [-0.2, 0) is 6.42 Å². The van der Waals surface area contributed by atoms with Gasteiger partial charge in [-0.05, 0) is 68.0 Å². The summed E-state index contributed by atoms with van der Waals surface area (Å²) in [6.07, 6.45) is 5.85. The van der Waals surface area contributed by atoms with Crippen molar-refractivity contribution in [2.75, 3.05) is 20.7 Å². The molecule has 26 heavy (non-hydrogen) atoms. The standard InChI is InChI=1S/C22H27NO3/c1-23(16-15-17-7-3-6-10-21(17)25-2)22(24)18-11-13-20(14-12-18)26-19-8-4-5-9-19/h3,6-7,10-14,19H,4-5,8-9,15-16H2,1-2H3. The van der Waals surface area contributed by atoms with Crippen molar-refractivity contribution in [3.05, 3.63) is 59.7 Å². The molecule has 1 amide bonds. The summed E-state index contributed by atoms with van der Waals surface area (Å²) in [5, 5.41) is 0. The maximum Gasteiger partial charge on any atom is 0.253 e. The molecule has 2 aromatic carbocycles. The highest BCUT2D eigenvalue weighted by Gasteiger charge is 2.17. The monoisotopic (exact) mass is 353 g/mol. The highest BCUT2D eigenvalue weighted by molar-refractivity contribution is 5.94. The molecule has 3 rings (SSSR count). The van der Waals surface area contributed by atoms with E-state index >= 15 is 0 Å². The Hall–Kier alpha value is -2.49. The molecule has 0 N–H and O–H groups in total. The molecule has 0 aromatic heterocycles. The van der Waals surface area contributed by atoms with Gasteiger partial charge in [0.1, 0.15) is 11.5 Å². The van der Waals surface area contributed by atoms with E-state index < -0.39 is 0 Å². The van der Waals surface area contributed by atoms with Gasteiger partial charge in [-0.2, -0.15) is 0 Å². The first-order valence-electron chi connectivity index (χ1n) is 9.31. The van der Waals surface area contributed by atoms with E-state index in [1.54, 1.807) is 12.0 Å². The summed E-state index contributed by atoms with van der Waals surface area (Å²) in [6, 6.07) is 15.4. The molecule has 1 aliphatic rings. The molecule has 0 heterocycles. The topological polar surface area (TPSA) is 38.8 Å². The second kappa shape index (κ2) is 8.75. The van der Waals surface area contributed by atoms with E-state index in [9.17, 15) is 4.79 Å². The van der Waals surface area contributed by atoms with Crippen LogP contribution in [-0.4, -0.2) is 37.6 Å². The van der Waals surface area contributed by atoms with Gasteiger partial charge in [-0.25, -0.2) is 0 Å². The molecule has 1 aliphatic carbocycles. The second-order valence-corrected chi connectivity index (χ2v) is 6.84. The van der Waals surface area contributed by atoms with E-state index in [0.717, 1.165) is 36.3 Å². The van der Waals surface area contributed by atoms with E-state index in [0.29, 0.717) is 18.2 Å². The Bertz CT molecular complexity index is 720. The molecule has 4 nitrogen and oxygen atoms in total. The normalized spacial score (nSPS) is 14.2. The van der Waals surface area contributed by atoms with Crippen molar-refractivity contribution in [3.8, 4) is 11.5 Å². The van der Waals surface area contributed by atoms with Crippen LogP contribution >= 0.6 is 0 Å². The van der Waals surface area contributed by atoms with Gasteiger partial charge in [0.25, 0.3) is 5.91 Å². The summed E-state index contributed by atoms with van der Waals surface area (Å²) >= 11 is 0. The lowest BCUT2D eigenvalue weighted by molar-refractivity contribution is 0.0796. The zero-order valence-electron chi connectivity index (χ0n) is 15.6. The van der Waals surface area contributed by atoms with Crippen molar-refractivity contribution in [2.24, 2.45) is 0 Å². The van der Waals surface area contributed by atoms with Gasteiger partial charge in [0.2, 0.25) is 0 Å². The van der Waals surface area contributed by atoms with E-state index in [2.05, 4.69) is 0 Å². The number of para-hydroxylation sites is 1. The number of hydrogen-bond acceptors (Lipinski definition) is 3. The average molecular weight is 353 g/mol. The molecule has 4 heteroatoms. The van der Waals surface area contributed by atoms with Crippen LogP contribution in [0.25, 0.3) is 0 Å². The Balaban J connectivity index is 1.55. The van der Waals surface area contributed by atoms with Gasteiger partial charge < -0.3 is 14.4 Å². The minimum atomic E-state index is 0.0207. The first-order chi connectivity index (χ1) is 12.7. The van der Waals surface area contributed by atoms with Crippen molar-refractivity contribution >= 4 is 5.91 Å². The van der Waals surface area contributed by atoms with Crippen molar-refractivity contribution < 1.29 is 14.3 Å². The fourth-order valence-corrected chi connectivity index (χ4v) is 3.39. The second-order valence-electron chi connectivity index (χ2n) is 6.84. The van der Waals surface area contributed by atoms with Gasteiger partial charge in [0, 0.05) is 19.2 Å². The number of hydrogen-bond donors (Lipinski definition) is 0. The minimum absolute atomic E-state index is 0.0207. The first kappa shape index (κ1) is 18.3. The summed E-state index contributed by atoms with van der Waals surface area (Å²) in [5.41, 5.74) is 1.79. The van der Waals surface area contributed by atoms with Crippen LogP contribution in [0.1, 0.15) is 41.6 Å². The highest BCUT2D eigenvalue weighted by atomic mass is 16.5. The first-order valence-corrected chi connectivity index (χ1v) is 9.31. The van der Waals surface area contributed by atoms with Crippen molar-refractivity contribution in [1.29, 1.82) is 0 Å². The predicted octanol–water partition coefficient (Wildman–Crippen LogP) is 4.33. The van der Waals surface area contributed by atoms with E-state index in [1.807, 2.05) is 55.6 Å². The molecule has 0 bridgehead atoms. The number of carbonyl (C=O) groups excluding carboxylic acids is 1. The van der Waals surface area contributed by atoms with Crippen LogP contribution in [0.3, 0.4) is 0 Å². The Morgan fingerprint density at radius 1 is 1.08 bits per heavy atom. The summed E-state index contributed by atoms with van der Waals surface area (Å²) in [6.45, 7) is 0.638. The third-order valence-corrected chi connectivity index (χ3v) is 4.96. The van der Waals surface area contributed by atoms with Gasteiger partial charge in [-0.3, -0.25) is 4.79 Å². The molecule has 0 saturated heterocycles. The van der Waals surface area contributed by atoms with Crippen molar-refractivity contribution in [1.82, 2.24) is 4.90 Å². The number of amides is 1. The summed E-state index contributed by atoms with van der Waals surface area (Å²) in [5.74, 6) is 1.74. The predicted molar refractivity (Wildman–Crippen MR) is 103 cm³/mol. The van der Waals surface area contributed by atoms with Crippen LogP contribution in [0.15, 0.2) is 48.5 Å². The van der Waals surface area contributed by atoms with Gasteiger partial charge in [-0.15, -0.1) is 0 Å². The summed E-state index contributed by atoms with van der Waals surface area (Å²) in [7, 11) is 3.50. The fraction of sp³-hybridized carbons (Fsp3) is 0.409. The van der Waals surface area contributed by atoms with Gasteiger partial charge in [0.15, 0.2) is 0 Å². The molecule has 1 saturated carbocycles. The maximum absolute atomic E-state index is 12.6. The maximum atomic E-state index is 12.6. The van der Waals surface area contributed by atoms with E-state index in [4.69, 9.17) is 9.47 Å². The lowest BCUT2D eigenvalue weighted by Gasteiger charge is -2.18. The van der Waals surface area contributed by atoms with Crippen LogP contribution in [0.5, 0.6) is 11.5 Å². The number of carbonyl (C=O) groups is 1. The number of rotatable bonds is 7. The summed E-state index contributed by atoms with van der Waals surface area (Å²) < 4.78 is 11.3. The number of likely N-dealkylation sites (N-methyl/N-ethyl adjacent to an activating group) is 1. The molecule has 0 spiro atoms. The molecule has 1 fully saturated rings. The molecular formula is C22H27NO3. The zero-order chi connectivity index (χ0) is 18.4. The Morgan fingerprint density at radius 3 is 2.46 bits per heavy atom. The zero-order valence-corrected chi connectivity index (χ0v) is 15.6. The smallest absolute Gasteiger partial charge is 0.253 e. The van der Waals surface area contributed by atoms with Crippen LogP contribution in [0.2, 0.25) is 0 Å². The number of ether oxygens (including phenoxy) is 2. The molecule has 0 atom stereocenters. The van der Waals surface area contributed by atoms with Crippen LogP contribution < -0.4 is 9.47 Å². The number of nitrogens with zero attached hydrogens (tertiary/aromatic N) is 1. The molecular weight excluding hydrogens is 326 g/mol.